The Morgan fingerprint density at radius 3 is 2.70 bits per heavy atom. The van der Waals surface area contributed by atoms with Crippen LogP contribution in [-0.2, 0) is 0 Å². The van der Waals surface area contributed by atoms with Gasteiger partial charge in [-0.2, -0.15) is 0 Å². The van der Waals surface area contributed by atoms with Gasteiger partial charge in [0.05, 0.1) is 12.0 Å². The van der Waals surface area contributed by atoms with Gasteiger partial charge in [-0.25, -0.2) is 0 Å². The fourth-order valence-corrected chi connectivity index (χ4v) is 1.54. The highest BCUT2D eigenvalue weighted by atomic mass is 35.5. The zero-order chi connectivity index (χ0) is 14.3. The number of ether oxygens (including phenoxy) is 1. The third-order valence-corrected chi connectivity index (χ3v) is 2.56. The number of nitrogens with two attached hydrogens (primary N) is 1. The van der Waals surface area contributed by atoms with Crippen LogP contribution in [0.2, 0.25) is 0 Å². The Morgan fingerprint density at radius 2 is 2.15 bits per heavy atom. The van der Waals surface area contributed by atoms with Gasteiger partial charge in [0.25, 0.3) is 5.91 Å². The third-order valence-electron chi connectivity index (χ3n) is 2.56. The van der Waals surface area contributed by atoms with Crippen molar-refractivity contribution in [2.75, 3.05) is 20.2 Å². The third kappa shape index (κ3) is 5.02. The number of carbonyl (C=O) groups excluding carboxylic acids is 1. The Balaban J connectivity index is 0.00000361. The largest absolute Gasteiger partial charge is 0.490 e. The molecule has 0 radical (unpaired) electrons. The van der Waals surface area contributed by atoms with Crippen molar-refractivity contribution in [3.05, 3.63) is 33.9 Å². The molecule has 1 rings (SSSR count). The number of rotatable bonds is 7. The molecule has 112 valence electrons. The fraction of sp³-hybridized carbons (Fsp3) is 0.417. The summed E-state index contributed by atoms with van der Waals surface area (Å²) in [6.45, 7) is 1.11. The molecule has 1 aromatic carbocycles. The summed E-state index contributed by atoms with van der Waals surface area (Å²) in [7, 11) is 1.32. The van der Waals surface area contributed by atoms with Gasteiger partial charge >= 0.3 is 5.69 Å². The maximum atomic E-state index is 11.8. The summed E-state index contributed by atoms with van der Waals surface area (Å²) in [5.41, 5.74) is 5.51. The van der Waals surface area contributed by atoms with Crippen molar-refractivity contribution in [1.29, 1.82) is 0 Å². The Kier molecular flexibility index (Phi) is 8.26. The molecule has 20 heavy (non-hydrogen) atoms. The van der Waals surface area contributed by atoms with E-state index < -0.39 is 4.92 Å². The predicted molar refractivity (Wildman–Crippen MR) is 77.5 cm³/mol. The van der Waals surface area contributed by atoms with Gasteiger partial charge in [-0.05, 0) is 25.5 Å². The second kappa shape index (κ2) is 9.11. The van der Waals surface area contributed by atoms with E-state index in [0.717, 1.165) is 12.8 Å². The average molecular weight is 304 g/mol. The van der Waals surface area contributed by atoms with Gasteiger partial charge in [0.15, 0.2) is 5.75 Å². The van der Waals surface area contributed by atoms with Crippen molar-refractivity contribution in [2.45, 2.75) is 12.8 Å². The van der Waals surface area contributed by atoms with Crippen LogP contribution in [0.5, 0.6) is 5.75 Å². The van der Waals surface area contributed by atoms with Crippen molar-refractivity contribution in [3.8, 4) is 5.75 Å². The highest BCUT2D eigenvalue weighted by molar-refractivity contribution is 5.95. The summed E-state index contributed by atoms with van der Waals surface area (Å²) < 4.78 is 4.90. The molecule has 0 fully saturated rings. The monoisotopic (exact) mass is 303 g/mol. The lowest BCUT2D eigenvalue weighted by molar-refractivity contribution is -0.385. The lowest BCUT2D eigenvalue weighted by atomic mass is 10.1. The van der Waals surface area contributed by atoms with Gasteiger partial charge in [-0.1, -0.05) is 0 Å². The van der Waals surface area contributed by atoms with Gasteiger partial charge in [-0.15, -0.1) is 12.4 Å². The molecule has 1 aromatic rings. The van der Waals surface area contributed by atoms with Crippen LogP contribution in [0.1, 0.15) is 23.2 Å². The summed E-state index contributed by atoms with van der Waals surface area (Å²) >= 11 is 0. The second-order valence-corrected chi connectivity index (χ2v) is 3.90. The number of halogens is 1. The number of nitro benzene ring substituents is 1. The lowest BCUT2D eigenvalue weighted by Crippen LogP contribution is -2.24. The Bertz CT molecular complexity index is 468. The van der Waals surface area contributed by atoms with E-state index in [1.165, 1.54) is 25.3 Å². The molecule has 0 saturated carbocycles. The molecule has 0 bridgehead atoms. The van der Waals surface area contributed by atoms with E-state index in [4.69, 9.17) is 10.5 Å². The van der Waals surface area contributed by atoms with E-state index in [1.54, 1.807) is 0 Å². The zero-order valence-electron chi connectivity index (χ0n) is 11.1. The molecule has 0 heterocycles. The number of hydrogen-bond donors (Lipinski definition) is 2. The van der Waals surface area contributed by atoms with Crippen LogP contribution < -0.4 is 15.8 Å². The maximum Gasteiger partial charge on any atom is 0.310 e. The van der Waals surface area contributed by atoms with E-state index in [2.05, 4.69) is 5.32 Å². The van der Waals surface area contributed by atoms with Gasteiger partial charge in [0.1, 0.15) is 0 Å². The number of carbonyl (C=O) groups is 1. The van der Waals surface area contributed by atoms with Crippen LogP contribution in [0.25, 0.3) is 0 Å². The molecular formula is C12H18ClN3O4. The molecule has 0 atom stereocenters. The molecule has 0 aliphatic heterocycles. The maximum absolute atomic E-state index is 11.8. The molecule has 0 aliphatic rings. The molecule has 0 aliphatic carbocycles. The summed E-state index contributed by atoms with van der Waals surface area (Å²) in [6, 6.07) is 4.02. The zero-order valence-corrected chi connectivity index (χ0v) is 11.9. The van der Waals surface area contributed by atoms with Crippen LogP contribution in [0.3, 0.4) is 0 Å². The minimum atomic E-state index is -0.554. The first-order valence-corrected chi connectivity index (χ1v) is 5.91. The Hall–Kier alpha value is -1.86. The van der Waals surface area contributed by atoms with E-state index in [9.17, 15) is 14.9 Å². The van der Waals surface area contributed by atoms with E-state index in [-0.39, 0.29) is 29.8 Å². The number of hydrogen-bond acceptors (Lipinski definition) is 5. The quantitative estimate of drug-likeness (QED) is 0.451. The number of nitrogens with zero attached hydrogens (tertiary/aromatic N) is 1. The van der Waals surface area contributed by atoms with Crippen molar-refractivity contribution in [3.63, 3.8) is 0 Å². The first-order chi connectivity index (χ1) is 9.10. The molecule has 0 unspecified atom stereocenters. The molecule has 8 heteroatoms. The highest BCUT2D eigenvalue weighted by Crippen LogP contribution is 2.27. The number of nitro groups is 1. The molecule has 1 amide bonds. The van der Waals surface area contributed by atoms with E-state index in [0.29, 0.717) is 18.7 Å². The van der Waals surface area contributed by atoms with Gasteiger partial charge in [-0.3, -0.25) is 14.9 Å². The summed E-state index contributed by atoms with van der Waals surface area (Å²) in [6.07, 6.45) is 1.64. The number of methoxy groups -OCH3 is 1. The summed E-state index contributed by atoms with van der Waals surface area (Å²) in [5.74, 6) is -0.218. The van der Waals surface area contributed by atoms with Crippen LogP contribution >= 0.6 is 12.4 Å². The van der Waals surface area contributed by atoms with Crippen molar-refractivity contribution in [2.24, 2.45) is 5.73 Å². The molecule has 0 saturated heterocycles. The minimum absolute atomic E-state index is 0. The molecule has 0 spiro atoms. The summed E-state index contributed by atoms with van der Waals surface area (Å²) in [4.78, 5) is 22.0. The first kappa shape index (κ1) is 18.1. The SMILES string of the molecule is COc1cc(C(=O)NCCCCN)ccc1[N+](=O)[O-].Cl. The summed E-state index contributed by atoms with van der Waals surface area (Å²) in [5, 5.41) is 13.4. The van der Waals surface area contributed by atoms with Crippen molar-refractivity contribution < 1.29 is 14.5 Å². The average Bonchev–Trinajstić information content (AvgIpc) is 2.42. The number of amides is 1. The van der Waals surface area contributed by atoms with Crippen LogP contribution in [0.15, 0.2) is 18.2 Å². The number of nitrogens with one attached hydrogen (secondary N) is 1. The predicted octanol–water partition coefficient (Wildman–Crippen LogP) is 1.49. The Labute approximate surface area is 123 Å². The second-order valence-electron chi connectivity index (χ2n) is 3.90. The van der Waals surface area contributed by atoms with Crippen LogP contribution in [0.4, 0.5) is 5.69 Å². The van der Waals surface area contributed by atoms with E-state index >= 15 is 0 Å². The normalized spacial score (nSPS) is 9.50. The standard InChI is InChI=1S/C12H17N3O4.ClH/c1-19-11-8-9(4-5-10(11)15(17)18)12(16)14-7-3-2-6-13;/h4-5,8H,2-3,6-7,13H2,1H3,(H,14,16);1H. The van der Waals surface area contributed by atoms with Gasteiger partial charge in [0.2, 0.25) is 0 Å². The Morgan fingerprint density at radius 1 is 1.45 bits per heavy atom. The molecule has 7 nitrogen and oxygen atoms in total. The van der Waals surface area contributed by atoms with Crippen molar-refractivity contribution in [1.82, 2.24) is 5.32 Å². The van der Waals surface area contributed by atoms with Gasteiger partial charge in [0, 0.05) is 24.2 Å². The smallest absolute Gasteiger partial charge is 0.310 e. The molecule has 3 N–H and O–H groups in total. The van der Waals surface area contributed by atoms with E-state index in [1.807, 2.05) is 0 Å². The topological polar surface area (TPSA) is 107 Å². The molecular weight excluding hydrogens is 286 g/mol. The van der Waals surface area contributed by atoms with Crippen LogP contribution in [-0.4, -0.2) is 31.0 Å². The first-order valence-electron chi connectivity index (χ1n) is 5.91. The van der Waals surface area contributed by atoms with Gasteiger partial charge < -0.3 is 15.8 Å². The highest BCUT2D eigenvalue weighted by Gasteiger charge is 2.17. The van der Waals surface area contributed by atoms with Crippen molar-refractivity contribution >= 4 is 24.0 Å². The number of unbranched alkanes of at least 4 members (excludes halogenated alkanes) is 1. The minimum Gasteiger partial charge on any atom is -0.490 e. The molecule has 0 aromatic heterocycles. The fourth-order valence-electron chi connectivity index (χ4n) is 1.54. The number of benzene rings is 1. The lowest BCUT2D eigenvalue weighted by Gasteiger charge is -2.06. The van der Waals surface area contributed by atoms with Crippen LogP contribution in [0, 0.1) is 10.1 Å².